The largest absolute Gasteiger partial charge is 0.465 e. The van der Waals surface area contributed by atoms with Crippen molar-refractivity contribution in [2.75, 3.05) is 18.7 Å². The van der Waals surface area contributed by atoms with Gasteiger partial charge in [0.05, 0.1) is 28.2 Å². The monoisotopic (exact) mass is 427 g/mol. The molecule has 0 saturated carbocycles. The van der Waals surface area contributed by atoms with Crippen LogP contribution < -0.4 is 5.32 Å². The van der Waals surface area contributed by atoms with Gasteiger partial charge in [0, 0.05) is 11.1 Å². The van der Waals surface area contributed by atoms with Crippen LogP contribution in [0.2, 0.25) is 5.02 Å². The Balaban J connectivity index is 2.00. The summed E-state index contributed by atoms with van der Waals surface area (Å²) >= 11 is 7.44. The SMILES string of the molecule is COC(=O)c1c(NC(=O)c2cc(S(C)(=O)=O)ccc2Cl)sc2c1CCCC2. The van der Waals surface area contributed by atoms with Crippen LogP contribution in [0.3, 0.4) is 0 Å². The highest BCUT2D eigenvalue weighted by Gasteiger charge is 2.27. The Labute approximate surface area is 166 Å². The highest BCUT2D eigenvalue weighted by atomic mass is 35.5. The predicted octanol–water partition coefficient (Wildman–Crippen LogP) is 3.72. The third-order valence-electron chi connectivity index (χ3n) is 4.40. The van der Waals surface area contributed by atoms with Gasteiger partial charge in [-0.3, -0.25) is 4.79 Å². The van der Waals surface area contributed by atoms with Crippen LogP contribution in [-0.4, -0.2) is 33.7 Å². The Bertz CT molecular complexity index is 1030. The summed E-state index contributed by atoms with van der Waals surface area (Å²) in [7, 11) is -2.19. The molecule has 2 aromatic rings. The van der Waals surface area contributed by atoms with E-state index in [-0.39, 0.29) is 15.5 Å². The third-order valence-corrected chi connectivity index (χ3v) is 7.05. The fraction of sp³-hybridized carbons (Fsp3) is 0.333. The van der Waals surface area contributed by atoms with Gasteiger partial charge in [-0.2, -0.15) is 0 Å². The van der Waals surface area contributed by atoms with Crippen LogP contribution in [0.4, 0.5) is 5.00 Å². The number of thiophene rings is 1. The molecule has 0 fully saturated rings. The maximum atomic E-state index is 12.8. The first kappa shape index (κ1) is 19.9. The molecule has 0 spiro atoms. The van der Waals surface area contributed by atoms with Gasteiger partial charge in [0.1, 0.15) is 5.00 Å². The number of ether oxygens (including phenoxy) is 1. The van der Waals surface area contributed by atoms with Gasteiger partial charge in [0.25, 0.3) is 5.91 Å². The number of carbonyl (C=O) groups excluding carboxylic acids is 2. The normalized spacial score (nSPS) is 13.7. The van der Waals surface area contributed by atoms with Crippen LogP contribution in [0.25, 0.3) is 0 Å². The molecule has 1 N–H and O–H groups in total. The van der Waals surface area contributed by atoms with Crippen molar-refractivity contribution < 1.29 is 22.7 Å². The Morgan fingerprint density at radius 2 is 1.93 bits per heavy atom. The average molecular weight is 428 g/mol. The minimum absolute atomic E-state index is 0.00397. The molecule has 1 aliphatic carbocycles. The van der Waals surface area contributed by atoms with Gasteiger partial charge in [-0.15, -0.1) is 11.3 Å². The summed E-state index contributed by atoms with van der Waals surface area (Å²) in [4.78, 5) is 26.1. The fourth-order valence-corrected chi connectivity index (χ4v) is 5.17. The molecule has 1 aromatic carbocycles. The summed E-state index contributed by atoms with van der Waals surface area (Å²) in [6.45, 7) is 0. The van der Waals surface area contributed by atoms with Crippen molar-refractivity contribution in [2.24, 2.45) is 0 Å². The van der Waals surface area contributed by atoms with Crippen molar-refractivity contribution in [2.45, 2.75) is 30.6 Å². The number of carbonyl (C=O) groups is 2. The molecular weight excluding hydrogens is 410 g/mol. The summed E-state index contributed by atoms with van der Waals surface area (Å²) < 4.78 is 28.4. The molecule has 0 unspecified atom stereocenters. The van der Waals surface area contributed by atoms with Crippen LogP contribution in [0.1, 0.15) is 44.0 Å². The molecule has 1 aromatic heterocycles. The van der Waals surface area contributed by atoms with Crippen molar-refractivity contribution in [3.8, 4) is 0 Å². The van der Waals surface area contributed by atoms with Crippen molar-refractivity contribution in [3.05, 3.63) is 44.8 Å². The number of hydrogen-bond acceptors (Lipinski definition) is 6. The van der Waals surface area contributed by atoms with E-state index in [1.807, 2.05) is 0 Å². The summed E-state index contributed by atoms with van der Waals surface area (Å²) in [6, 6.07) is 3.95. The van der Waals surface area contributed by atoms with Gasteiger partial charge < -0.3 is 10.1 Å². The molecule has 3 rings (SSSR count). The smallest absolute Gasteiger partial charge is 0.341 e. The molecule has 1 heterocycles. The summed E-state index contributed by atoms with van der Waals surface area (Å²) in [5.41, 5.74) is 1.33. The molecule has 9 heteroatoms. The third kappa shape index (κ3) is 4.02. The summed E-state index contributed by atoms with van der Waals surface area (Å²) in [6.07, 6.45) is 4.67. The zero-order valence-electron chi connectivity index (χ0n) is 14.8. The fourth-order valence-electron chi connectivity index (χ4n) is 3.05. The van der Waals surface area contributed by atoms with Crippen LogP contribution in [-0.2, 0) is 27.4 Å². The van der Waals surface area contributed by atoms with Crippen LogP contribution in [0.15, 0.2) is 23.1 Å². The van der Waals surface area contributed by atoms with Crippen molar-refractivity contribution in [3.63, 3.8) is 0 Å². The second kappa shape index (κ2) is 7.61. The van der Waals surface area contributed by atoms with Crippen LogP contribution in [0.5, 0.6) is 0 Å². The van der Waals surface area contributed by atoms with Crippen LogP contribution in [0, 0.1) is 0 Å². The van der Waals surface area contributed by atoms with E-state index in [0.717, 1.165) is 42.4 Å². The summed E-state index contributed by atoms with van der Waals surface area (Å²) in [5, 5.41) is 3.25. The lowest BCUT2D eigenvalue weighted by Crippen LogP contribution is -2.16. The number of aryl methyl sites for hydroxylation is 1. The van der Waals surface area contributed by atoms with Gasteiger partial charge in [0.15, 0.2) is 9.84 Å². The van der Waals surface area contributed by atoms with Crippen LogP contribution >= 0.6 is 22.9 Å². The number of benzene rings is 1. The Morgan fingerprint density at radius 3 is 2.59 bits per heavy atom. The molecule has 1 amide bonds. The minimum atomic E-state index is -3.49. The van der Waals surface area contributed by atoms with Crippen molar-refractivity contribution in [1.29, 1.82) is 0 Å². The molecule has 0 saturated heterocycles. The number of fused-ring (bicyclic) bond motifs is 1. The molecule has 0 bridgehead atoms. The van der Waals surface area contributed by atoms with E-state index < -0.39 is 21.7 Å². The maximum absolute atomic E-state index is 12.8. The van der Waals surface area contributed by atoms with E-state index in [1.165, 1.54) is 36.6 Å². The van der Waals surface area contributed by atoms with Crippen molar-refractivity contribution >= 4 is 49.7 Å². The Hall–Kier alpha value is -1.90. The molecule has 27 heavy (non-hydrogen) atoms. The number of rotatable bonds is 4. The topological polar surface area (TPSA) is 89.5 Å². The maximum Gasteiger partial charge on any atom is 0.341 e. The van der Waals surface area contributed by atoms with Gasteiger partial charge in [-0.1, -0.05) is 11.6 Å². The lowest BCUT2D eigenvalue weighted by Gasteiger charge is -2.12. The van der Waals surface area contributed by atoms with E-state index in [2.05, 4.69) is 5.32 Å². The quantitative estimate of drug-likeness (QED) is 0.751. The number of sulfone groups is 1. The molecule has 144 valence electrons. The number of esters is 1. The van der Waals surface area contributed by atoms with E-state index in [9.17, 15) is 18.0 Å². The molecule has 0 radical (unpaired) electrons. The zero-order chi connectivity index (χ0) is 19.8. The highest BCUT2D eigenvalue weighted by molar-refractivity contribution is 7.90. The standard InChI is InChI=1S/C18H18ClNO5S2/c1-25-18(22)15-11-5-3-4-6-14(11)26-17(15)20-16(21)12-9-10(27(2,23)24)7-8-13(12)19/h7-9H,3-6H2,1-2H3,(H,20,21). The predicted molar refractivity (Wildman–Crippen MR) is 105 cm³/mol. The molecule has 1 aliphatic rings. The Kier molecular flexibility index (Phi) is 5.60. The van der Waals surface area contributed by atoms with E-state index in [1.54, 1.807) is 0 Å². The zero-order valence-corrected chi connectivity index (χ0v) is 17.2. The number of methoxy groups -OCH3 is 1. The first-order valence-corrected chi connectivity index (χ1v) is 11.3. The number of halogens is 1. The van der Waals surface area contributed by atoms with E-state index in [0.29, 0.717) is 10.6 Å². The number of anilines is 1. The lowest BCUT2D eigenvalue weighted by molar-refractivity contribution is 0.0601. The number of nitrogens with one attached hydrogen (secondary N) is 1. The molecule has 6 nitrogen and oxygen atoms in total. The van der Waals surface area contributed by atoms with Gasteiger partial charge in [-0.25, -0.2) is 13.2 Å². The second-order valence-electron chi connectivity index (χ2n) is 6.27. The van der Waals surface area contributed by atoms with E-state index >= 15 is 0 Å². The first-order valence-electron chi connectivity index (χ1n) is 8.26. The molecule has 0 aliphatic heterocycles. The Morgan fingerprint density at radius 1 is 1.22 bits per heavy atom. The summed E-state index contributed by atoms with van der Waals surface area (Å²) in [5.74, 6) is -1.07. The van der Waals surface area contributed by atoms with Crippen molar-refractivity contribution in [1.82, 2.24) is 0 Å². The highest BCUT2D eigenvalue weighted by Crippen LogP contribution is 2.39. The first-order chi connectivity index (χ1) is 12.7. The number of amides is 1. The second-order valence-corrected chi connectivity index (χ2v) is 9.80. The lowest BCUT2D eigenvalue weighted by atomic mass is 9.95. The van der Waals surface area contributed by atoms with E-state index in [4.69, 9.17) is 16.3 Å². The minimum Gasteiger partial charge on any atom is -0.465 e. The van der Waals surface area contributed by atoms with Gasteiger partial charge >= 0.3 is 5.97 Å². The van der Waals surface area contributed by atoms with Gasteiger partial charge in [-0.05, 0) is 49.4 Å². The molecule has 0 atom stereocenters. The van der Waals surface area contributed by atoms with Gasteiger partial charge in [0.2, 0.25) is 0 Å². The number of hydrogen-bond donors (Lipinski definition) is 1. The molecular formula is C18H18ClNO5S2. The average Bonchev–Trinajstić information content (AvgIpc) is 2.98.